The molecule has 0 atom stereocenters. The second-order valence-electron chi connectivity index (χ2n) is 10.6. The number of hydrogen-bond donors (Lipinski definition) is 2. The molecule has 4 rings (SSSR count). The number of nitrogens with zero attached hydrogens (tertiary/aromatic N) is 2. The number of unbranched alkanes of at least 4 members (excludes halogenated alkanes) is 3. The van der Waals surface area contributed by atoms with Crippen molar-refractivity contribution in [3.8, 4) is 33.8 Å². The molecule has 2 aromatic heterocycles. The van der Waals surface area contributed by atoms with E-state index in [-0.39, 0.29) is 19.4 Å². The van der Waals surface area contributed by atoms with Gasteiger partial charge in [0.05, 0.1) is 13.2 Å². The average molecular weight is 619 g/mol. The van der Waals surface area contributed by atoms with Gasteiger partial charge in [0, 0.05) is 37.4 Å². The second-order valence-corrected chi connectivity index (χ2v) is 10.6. The maximum Gasteiger partial charge on any atom is 0.303 e. The fraction of sp³-hybridized carbons (Fsp3) is 0.314. The van der Waals surface area contributed by atoms with E-state index in [1.165, 1.54) is 24.5 Å². The van der Waals surface area contributed by atoms with E-state index in [1.54, 1.807) is 18.2 Å². The van der Waals surface area contributed by atoms with Gasteiger partial charge < -0.3 is 19.7 Å². The zero-order chi connectivity index (χ0) is 32.0. The minimum atomic E-state index is -0.889. The van der Waals surface area contributed by atoms with Crippen LogP contribution in [0.25, 0.3) is 22.3 Å². The number of aryl methyl sites for hydroxylation is 1. The van der Waals surface area contributed by atoms with E-state index >= 15 is 0 Å². The lowest BCUT2D eigenvalue weighted by molar-refractivity contribution is -0.138. The minimum Gasteiger partial charge on any atom is -0.494 e. The molecule has 4 aromatic rings. The smallest absolute Gasteiger partial charge is 0.303 e. The molecule has 0 bridgehead atoms. The zero-order valence-corrected chi connectivity index (χ0v) is 24.9. The third-order valence-corrected chi connectivity index (χ3v) is 7.25. The number of ether oxygens (including phenoxy) is 2. The number of aliphatic carboxylic acids is 2. The SMILES string of the molecule is O=C(O)CCCOc1cccc(CCCCCCOc2cc(-c3ccnc(F)c3)cc(-c3ccnc(F)c3)c2)c1CCC(=O)O. The summed E-state index contributed by atoms with van der Waals surface area (Å²) in [5.41, 5.74) is 4.58. The number of carboxylic acid groups (broad SMARTS) is 2. The Bertz CT molecular complexity index is 1530. The lowest BCUT2D eigenvalue weighted by atomic mass is 9.97. The zero-order valence-electron chi connectivity index (χ0n) is 24.9. The molecule has 2 heterocycles. The summed E-state index contributed by atoms with van der Waals surface area (Å²) in [7, 11) is 0. The Hall–Kier alpha value is -4.86. The van der Waals surface area contributed by atoms with Gasteiger partial charge >= 0.3 is 11.9 Å². The van der Waals surface area contributed by atoms with E-state index in [0.717, 1.165) is 43.2 Å². The van der Waals surface area contributed by atoms with Gasteiger partial charge in [0.2, 0.25) is 11.9 Å². The molecule has 0 fully saturated rings. The third kappa shape index (κ3) is 10.7. The van der Waals surface area contributed by atoms with Crippen LogP contribution in [0.5, 0.6) is 11.5 Å². The van der Waals surface area contributed by atoms with Crippen molar-refractivity contribution in [2.75, 3.05) is 13.2 Å². The summed E-state index contributed by atoms with van der Waals surface area (Å²) in [6.45, 7) is 0.709. The van der Waals surface area contributed by atoms with Crippen LogP contribution in [0.1, 0.15) is 56.1 Å². The lowest BCUT2D eigenvalue weighted by Crippen LogP contribution is -2.07. The minimum absolute atomic E-state index is 0.00983. The first-order chi connectivity index (χ1) is 21.8. The Kier molecular flexibility index (Phi) is 12.4. The van der Waals surface area contributed by atoms with Crippen molar-refractivity contribution in [3.05, 3.63) is 96.1 Å². The quantitative estimate of drug-likeness (QED) is 0.0868. The highest BCUT2D eigenvalue weighted by Crippen LogP contribution is 2.32. The Morgan fingerprint density at radius 3 is 1.89 bits per heavy atom. The Morgan fingerprint density at radius 2 is 1.27 bits per heavy atom. The van der Waals surface area contributed by atoms with Crippen LogP contribution in [0.4, 0.5) is 8.78 Å². The Labute approximate surface area is 260 Å². The van der Waals surface area contributed by atoms with E-state index in [4.69, 9.17) is 14.6 Å². The predicted octanol–water partition coefficient (Wildman–Crippen LogP) is 7.53. The highest BCUT2D eigenvalue weighted by molar-refractivity contribution is 5.75. The fourth-order valence-corrected chi connectivity index (χ4v) is 5.04. The van der Waals surface area contributed by atoms with Crippen molar-refractivity contribution in [2.24, 2.45) is 0 Å². The monoisotopic (exact) mass is 618 g/mol. The van der Waals surface area contributed by atoms with Gasteiger partial charge in [-0.15, -0.1) is 0 Å². The molecule has 10 heteroatoms. The number of pyridine rings is 2. The molecule has 0 aliphatic heterocycles. The first-order valence-corrected chi connectivity index (χ1v) is 15.0. The summed E-state index contributed by atoms with van der Waals surface area (Å²) in [6.07, 6.45) is 7.79. The topological polar surface area (TPSA) is 119 Å². The van der Waals surface area contributed by atoms with Crippen molar-refractivity contribution < 1.29 is 38.1 Å². The second kappa shape index (κ2) is 16.8. The summed E-state index contributed by atoms with van der Waals surface area (Å²) in [6, 6.07) is 17.2. The molecular formula is C35H36F2N2O6. The predicted molar refractivity (Wildman–Crippen MR) is 165 cm³/mol. The number of benzene rings is 2. The standard InChI is InChI=1S/C35H36F2N2O6/c36-32-22-25(13-15-38-32)27-19-28(26-14-16-39-33(37)23-26)21-29(20-27)44-17-4-2-1-3-7-24-8-5-9-31(30(24)11-12-35(42)43)45-18-6-10-34(40)41/h5,8-9,13-16,19-23H,1-4,6-7,10-12,17-18H2,(H,40,41)(H,42,43). The highest BCUT2D eigenvalue weighted by Gasteiger charge is 2.13. The highest BCUT2D eigenvalue weighted by atomic mass is 19.1. The summed E-state index contributed by atoms with van der Waals surface area (Å²) < 4.78 is 39.6. The van der Waals surface area contributed by atoms with Crippen LogP contribution in [0, 0.1) is 11.9 Å². The van der Waals surface area contributed by atoms with E-state index in [2.05, 4.69) is 9.97 Å². The maximum atomic E-state index is 13.8. The molecule has 0 aliphatic carbocycles. The molecule has 0 amide bonds. The van der Waals surface area contributed by atoms with Crippen molar-refractivity contribution in [3.63, 3.8) is 0 Å². The van der Waals surface area contributed by atoms with Crippen molar-refractivity contribution in [2.45, 2.75) is 57.8 Å². The number of carbonyl (C=O) groups is 2. The number of rotatable bonds is 18. The van der Waals surface area contributed by atoms with Gasteiger partial charge in [-0.3, -0.25) is 9.59 Å². The molecular weight excluding hydrogens is 582 g/mol. The van der Waals surface area contributed by atoms with Gasteiger partial charge in [0.15, 0.2) is 0 Å². The van der Waals surface area contributed by atoms with Crippen molar-refractivity contribution in [1.29, 1.82) is 0 Å². The van der Waals surface area contributed by atoms with Crippen LogP contribution < -0.4 is 9.47 Å². The van der Waals surface area contributed by atoms with Gasteiger partial charge in [-0.05, 0) is 102 Å². The van der Waals surface area contributed by atoms with Crippen LogP contribution in [0.15, 0.2) is 73.1 Å². The van der Waals surface area contributed by atoms with Gasteiger partial charge in [-0.1, -0.05) is 25.0 Å². The summed E-state index contributed by atoms with van der Waals surface area (Å²) in [5, 5.41) is 18.1. The molecule has 45 heavy (non-hydrogen) atoms. The summed E-state index contributed by atoms with van der Waals surface area (Å²) >= 11 is 0. The van der Waals surface area contributed by atoms with E-state index in [0.29, 0.717) is 53.2 Å². The number of carboxylic acids is 2. The molecule has 0 radical (unpaired) electrons. The van der Waals surface area contributed by atoms with Crippen LogP contribution in [-0.4, -0.2) is 45.3 Å². The van der Waals surface area contributed by atoms with Crippen LogP contribution in [0.2, 0.25) is 0 Å². The molecule has 8 nitrogen and oxygen atoms in total. The largest absolute Gasteiger partial charge is 0.494 e. The summed E-state index contributed by atoms with van der Waals surface area (Å²) in [4.78, 5) is 29.3. The normalized spacial score (nSPS) is 10.9. The van der Waals surface area contributed by atoms with Gasteiger partial charge in [-0.25, -0.2) is 9.97 Å². The first-order valence-electron chi connectivity index (χ1n) is 15.0. The summed E-state index contributed by atoms with van der Waals surface area (Å²) in [5.74, 6) is -1.78. The van der Waals surface area contributed by atoms with Crippen molar-refractivity contribution >= 4 is 11.9 Å². The third-order valence-electron chi connectivity index (χ3n) is 7.25. The van der Waals surface area contributed by atoms with Crippen LogP contribution in [0.3, 0.4) is 0 Å². The van der Waals surface area contributed by atoms with E-state index < -0.39 is 23.8 Å². The molecule has 236 valence electrons. The van der Waals surface area contributed by atoms with E-state index in [9.17, 15) is 23.5 Å². The van der Waals surface area contributed by atoms with E-state index in [1.807, 2.05) is 30.3 Å². The van der Waals surface area contributed by atoms with Gasteiger partial charge in [-0.2, -0.15) is 8.78 Å². The Balaban J connectivity index is 1.32. The molecule has 0 saturated carbocycles. The van der Waals surface area contributed by atoms with Gasteiger partial charge in [0.25, 0.3) is 0 Å². The number of halogens is 2. The molecule has 2 N–H and O–H groups in total. The average Bonchev–Trinajstić information content (AvgIpc) is 3.02. The molecule has 0 saturated heterocycles. The maximum absolute atomic E-state index is 13.8. The van der Waals surface area contributed by atoms with Crippen LogP contribution >= 0.6 is 0 Å². The molecule has 0 spiro atoms. The van der Waals surface area contributed by atoms with Crippen molar-refractivity contribution in [1.82, 2.24) is 9.97 Å². The fourth-order valence-electron chi connectivity index (χ4n) is 5.04. The lowest BCUT2D eigenvalue weighted by Gasteiger charge is -2.15. The number of aromatic nitrogens is 2. The molecule has 0 aliphatic rings. The Morgan fingerprint density at radius 1 is 0.644 bits per heavy atom. The first kappa shape index (κ1) is 33.0. The molecule has 0 unspecified atom stereocenters. The van der Waals surface area contributed by atoms with Gasteiger partial charge in [0.1, 0.15) is 11.5 Å². The molecule has 2 aromatic carbocycles. The van der Waals surface area contributed by atoms with Crippen LogP contribution in [-0.2, 0) is 22.4 Å². The number of hydrogen-bond acceptors (Lipinski definition) is 6.